The number of amides is 1. The van der Waals surface area contributed by atoms with Crippen molar-refractivity contribution in [3.63, 3.8) is 0 Å². The number of ether oxygens (including phenoxy) is 1. The van der Waals surface area contributed by atoms with Crippen LogP contribution in [0.25, 0.3) is 6.08 Å². The number of anilines is 1. The van der Waals surface area contributed by atoms with Gasteiger partial charge in [-0.1, -0.05) is 48.5 Å². The summed E-state index contributed by atoms with van der Waals surface area (Å²) in [6.07, 6.45) is 1.67. The Hall–Kier alpha value is -3.51. The van der Waals surface area contributed by atoms with Gasteiger partial charge in [-0.3, -0.25) is 9.69 Å². The lowest BCUT2D eigenvalue weighted by Crippen LogP contribution is -2.28. The molecule has 5 nitrogen and oxygen atoms in total. The van der Waals surface area contributed by atoms with Gasteiger partial charge >= 0.3 is 0 Å². The lowest BCUT2D eigenvalue weighted by molar-refractivity contribution is -0.113. The summed E-state index contributed by atoms with van der Waals surface area (Å²) in [7, 11) is 0. The maximum Gasteiger partial charge on any atom is 0.271 e. The zero-order chi connectivity index (χ0) is 20.9. The van der Waals surface area contributed by atoms with Crippen molar-refractivity contribution < 1.29 is 14.6 Å². The normalized spacial score (nSPS) is 16.4. The highest BCUT2D eigenvalue weighted by molar-refractivity contribution is 8.19. The molecule has 0 bridgehead atoms. The maximum atomic E-state index is 13.3. The molecule has 1 aliphatic heterocycles. The molecule has 0 spiro atoms. The Labute approximate surface area is 179 Å². The number of nitrogens with zero attached hydrogens (tertiary/aromatic N) is 2. The average Bonchev–Trinajstić information content (AvgIpc) is 3.07. The number of hydrogen-bond acceptors (Lipinski definition) is 5. The lowest BCUT2D eigenvalue weighted by Gasteiger charge is -2.15. The van der Waals surface area contributed by atoms with Crippen LogP contribution in [0.2, 0.25) is 0 Å². The van der Waals surface area contributed by atoms with Crippen molar-refractivity contribution >= 4 is 40.3 Å². The molecule has 0 atom stereocenters. The largest absolute Gasteiger partial charge is 0.504 e. The second kappa shape index (κ2) is 8.88. The summed E-state index contributed by atoms with van der Waals surface area (Å²) < 4.78 is 5.45. The smallest absolute Gasteiger partial charge is 0.271 e. The quantitative estimate of drug-likeness (QED) is 0.550. The van der Waals surface area contributed by atoms with Gasteiger partial charge in [0.05, 0.1) is 22.9 Å². The van der Waals surface area contributed by atoms with Crippen molar-refractivity contribution in [1.29, 1.82) is 0 Å². The van der Waals surface area contributed by atoms with E-state index in [1.807, 2.05) is 67.6 Å². The number of hydrogen-bond donors (Lipinski definition) is 1. The van der Waals surface area contributed by atoms with Crippen molar-refractivity contribution in [3.8, 4) is 11.5 Å². The Morgan fingerprint density at radius 2 is 1.70 bits per heavy atom. The van der Waals surface area contributed by atoms with Crippen LogP contribution in [-0.4, -0.2) is 22.8 Å². The second-order valence-electron chi connectivity index (χ2n) is 6.44. The van der Waals surface area contributed by atoms with Gasteiger partial charge in [-0.05, 0) is 55.1 Å². The van der Waals surface area contributed by atoms with Crippen LogP contribution >= 0.6 is 11.8 Å². The lowest BCUT2D eigenvalue weighted by atomic mass is 10.1. The van der Waals surface area contributed by atoms with E-state index >= 15 is 0 Å². The SMILES string of the molecule is CCOc1cccc(/C=C2\SC(=Nc3ccccc3)N(c3ccccc3)C2=O)c1O. The third-order valence-corrected chi connectivity index (χ3v) is 5.39. The summed E-state index contributed by atoms with van der Waals surface area (Å²) >= 11 is 1.27. The summed E-state index contributed by atoms with van der Waals surface area (Å²) in [4.78, 5) is 20.0. The average molecular weight is 417 g/mol. The first-order valence-corrected chi connectivity index (χ1v) is 10.4. The van der Waals surface area contributed by atoms with Crippen LogP contribution < -0.4 is 9.64 Å². The molecule has 6 heteroatoms. The van der Waals surface area contributed by atoms with E-state index in [2.05, 4.69) is 4.99 Å². The maximum absolute atomic E-state index is 13.3. The predicted octanol–water partition coefficient (Wildman–Crippen LogP) is 5.60. The van der Waals surface area contributed by atoms with Gasteiger partial charge in [0, 0.05) is 5.56 Å². The molecule has 0 saturated carbocycles. The Bertz CT molecular complexity index is 1110. The van der Waals surface area contributed by atoms with Gasteiger partial charge in [0.2, 0.25) is 0 Å². The standard InChI is InChI=1S/C24H20N2O3S/c1-2-29-20-15-9-10-17(22(20)27)16-21-23(28)26(19-13-7-4-8-14-19)24(30-21)25-18-11-5-3-6-12-18/h3-16,27H,2H2,1H3/b21-16-,25-24?. The van der Waals surface area contributed by atoms with Crippen molar-refractivity contribution in [1.82, 2.24) is 0 Å². The summed E-state index contributed by atoms with van der Waals surface area (Å²) in [6, 6.07) is 24.1. The Morgan fingerprint density at radius 3 is 2.40 bits per heavy atom. The van der Waals surface area contributed by atoms with E-state index in [0.29, 0.717) is 28.0 Å². The molecule has 1 aliphatic rings. The first-order valence-electron chi connectivity index (χ1n) is 9.55. The van der Waals surface area contributed by atoms with Crippen LogP contribution in [0.5, 0.6) is 11.5 Å². The fourth-order valence-corrected chi connectivity index (χ4v) is 4.03. The number of amidine groups is 1. The molecule has 1 fully saturated rings. The van der Waals surface area contributed by atoms with E-state index in [4.69, 9.17) is 4.74 Å². The van der Waals surface area contributed by atoms with Gasteiger partial charge in [0.1, 0.15) is 0 Å². The molecule has 1 amide bonds. The van der Waals surface area contributed by atoms with Crippen molar-refractivity contribution in [2.24, 2.45) is 4.99 Å². The van der Waals surface area contributed by atoms with Crippen LogP contribution in [-0.2, 0) is 4.79 Å². The number of rotatable bonds is 5. The molecule has 0 aromatic heterocycles. The number of aliphatic imine (C=N–C) groups is 1. The van der Waals surface area contributed by atoms with Crippen LogP contribution in [0, 0.1) is 0 Å². The topological polar surface area (TPSA) is 62.1 Å². The summed E-state index contributed by atoms with van der Waals surface area (Å²) in [6.45, 7) is 2.29. The molecule has 30 heavy (non-hydrogen) atoms. The minimum atomic E-state index is -0.193. The molecule has 3 aromatic carbocycles. The highest BCUT2D eigenvalue weighted by Gasteiger charge is 2.35. The fourth-order valence-electron chi connectivity index (χ4n) is 3.04. The number of carbonyl (C=O) groups is 1. The van der Waals surface area contributed by atoms with Crippen LogP contribution in [0.1, 0.15) is 12.5 Å². The number of phenolic OH excluding ortho intramolecular Hbond substituents is 1. The second-order valence-corrected chi connectivity index (χ2v) is 7.45. The number of phenols is 1. The van der Waals surface area contributed by atoms with Gasteiger partial charge in [-0.25, -0.2) is 4.99 Å². The zero-order valence-corrected chi connectivity index (χ0v) is 17.2. The highest BCUT2D eigenvalue weighted by Crippen LogP contribution is 2.39. The van der Waals surface area contributed by atoms with E-state index in [1.165, 1.54) is 11.8 Å². The Balaban J connectivity index is 1.76. The van der Waals surface area contributed by atoms with Gasteiger partial charge in [-0.15, -0.1) is 0 Å². The third kappa shape index (κ3) is 4.09. The number of aromatic hydroxyl groups is 1. The molecule has 1 N–H and O–H groups in total. The molecule has 0 radical (unpaired) electrons. The van der Waals surface area contributed by atoms with Crippen LogP contribution in [0.4, 0.5) is 11.4 Å². The summed E-state index contributed by atoms with van der Waals surface area (Å²) in [5, 5.41) is 11.1. The Morgan fingerprint density at radius 1 is 1.00 bits per heavy atom. The number of benzene rings is 3. The van der Waals surface area contributed by atoms with E-state index in [-0.39, 0.29) is 11.7 Å². The van der Waals surface area contributed by atoms with Crippen molar-refractivity contribution in [3.05, 3.63) is 89.3 Å². The zero-order valence-electron chi connectivity index (χ0n) is 16.4. The molecule has 0 unspecified atom stereocenters. The minimum absolute atomic E-state index is 0.0139. The predicted molar refractivity (Wildman–Crippen MR) is 122 cm³/mol. The van der Waals surface area contributed by atoms with Gasteiger partial charge < -0.3 is 9.84 Å². The molecule has 150 valence electrons. The summed E-state index contributed by atoms with van der Waals surface area (Å²) in [5.74, 6) is 0.211. The minimum Gasteiger partial charge on any atom is -0.504 e. The molecular formula is C24H20N2O3S. The van der Waals surface area contributed by atoms with Gasteiger partial charge in [0.15, 0.2) is 16.7 Å². The Kier molecular flexibility index (Phi) is 5.86. The third-order valence-electron chi connectivity index (χ3n) is 4.42. The first kappa shape index (κ1) is 19.8. The number of thioether (sulfide) groups is 1. The highest BCUT2D eigenvalue weighted by atomic mass is 32.2. The van der Waals surface area contributed by atoms with Crippen LogP contribution in [0.3, 0.4) is 0 Å². The number of carbonyl (C=O) groups excluding carboxylic acids is 1. The summed E-state index contributed by atoms with van der Waals surface area (Å²) in [5.41, 5.74) is 2.02. The van der Waals surface area contributed by atoms with E-state index < -0.39 is 0 Å². The number of para-hydroxylation sites is 3. The van der Waals surface area contributed by atoms with Gasteiger partial charge in [0.25, 0.3) is 5.91 Å². The van der Waals surface area contributed by atoms with Crippen molar-refractivity contribution in [2.75, 3.05) is 11.5 Å². The molecule has 1 heterocycles. The molecule has 4 rings (SSSR count). The van der Waals surface area contributed by atoms with Crippen molar-refractivity contribution in [2.45, 2.75) is 6.92 Å². The van der Waals surface area contributed by atoms with Crippen LogP contribution in [0.15, 0.2) is 88.8 Å². The monoisotopic (exact) mass is 416 g/mol. The molecule has 3 aromatic rings. The van der Waals surface area contributed by atoms with E-state index in [0.717, 1.165) is 11.4 Å². The van der Waals surface area contributed by atoms with E-state index in [9.17, 15) is 9.90 Å². The fraction of sp³-hybridized carbons (Fsp3) is 0.0833. The molecule has 0 aliphatic carbocycles. The molecule has 1 saturated heterocycles. The first-order chi connectivity index (χ1) is 14.7. The van der Waals surface area contributed by atoms with E-state index in [1.54, 1.807) is 29.2 Å². The van der Waals surface area contributed by atoms with Gasteiger partial charge in [-0.2, -0.15) is 0 Å². The molecular weight excluding hydrogens is 396 g/mol.